The number of H-pyrrole nitrogens is 1. The normalized spacial score (nSPS) is 11.1. The quantitative estimate of drug-likeness (QED) is 0.278. The fourth-order valence-electron chi connectivity index (χ4n) is 1.31. The van der Waals surface area contributed by atoms with E-state index in [4.69, 9.17) is 5.73 Å². The lowest BCUT2D eigenvalue weighted by Crippen LogP contribution is -2.15. The highest BCUT2D eigenvalue weighted by molar-refractivity contribution is 5.97. The van der Waals surface area contributed by atoms with Gasteiger partial charge in [0.2, 0.25) is 5.69 Å². The number of hydrogen-bond donors (Lipinski definition) is 2. The molecule has 2 aromatic rings. The van der Waals surface area contributed by atoms with Crippen LogP contribution in [0.2, 0.25) is 0 Å². The number of aromatic nitrogens is 2. The number of aromatic amines is 1. The van der Waals surface area contributed by atoms with Crippen LogP contribution in [0.5, 0.6) is 0 Å². The highest BCUT2D eigenvalue weighted by atomic mass is 16.7. The SMILES string of the molecule is N/C(=N\OC(=O)c1cc([N+](=O)[O-])[nH]n1)c1ccccc1. The Kier molecular flexibility index (Phi) is 3.70. The van der Waals surface area contributed by atoms with Gasteiger partial charge in [0.1, 0.15) is 0 Å². The van der Waals surface area contributed by atoms with Gasteiger partial charge in [0.05, 0.1) is 6.07 Å². The third kappa shape index (κ3) is 2.96. The predicted molar refractivity (Wildman–Crippen MR) is 67.8 cm³/mol. The maximum absolute atomic E-state index is 11.5. The minimum absolute atomic E-state index is 0.00369. The van der Waals surface area contributed by atoms with E-state index in [9.17, 15) is 14.9 Å². The molecule has 0 aliphatic heterocycles. The minimum Gasteiger partial charge on any atom is -0.380 e. The Hall–Kier alpha value is -3.23. The third-order valence-corrected chi connectivity index (χ3v) is 2.27. The fraction of sp³-hybridized carbons (Fsp3) is 0. The van der Waals surface area contributed by atoms with E-state index in [0.29, 0.717) is 5.56 Å². The second kappa shape index (κ2) is 5.61. The third-order valence-electron chi connectivity index (χ3n) is 2.27. The van der Waals surface area contributed by atoms with Crippen molar-refractivity contribution >= 4 is 17.6 Å². The number of rotatable bonds is 4. The molecule has 2 rings (SSSR count). The summed E-state index contributed by atoms with van der Waals surface area (Å²) in [6.45, 7) is 0. The van der Waals surface area contributed by atoms with Crippen LogP contribution in [0.15, 0.2) is 41.6 Å². The average molecular weight is 275 g/mol. The molecule has 1 heterocycles. The minimum atomic E-state index is -0.951. The van der Waals surface area contributed by atoms with Crippen LogP contribution in [0.3, 0.4) is 0 Å². The molecule has 9 heteroatoms. The van der Waals surface area contributed by atoms with Gasteiger partial charge in [-0.2, -0.15) is 0 Å². The monoisotopic (exact) mass is 275 g/mol. The van der Waals surface area contributed by atoms with Crippen molar-refractivity contribution < 1.29 is 14.6 Å². The van der Waals surface area contributed by atoms with Crippen LogP contribution in [-0.4, -0.2) is 26.9 Å². The first kappa shape index (κ1) is 13.2. The molecule has 0 aliphatic carbocycles. The summed E-state index contributed by atoms with van der Waals surface area (Å²) in [4.78, 5) is 25.8. The van der Waals surface area contributed by atoms with Crippen molar-refractivity contribution in [2.45, 2.75) is 0 Å². The van der Waals surface area contributed by atoms with E-state index in [-0.39, 0.29) is 11.5 Å². The first-order valence-electron chi connectivity index (χ1n) is 5.38. The van der Waals surface area contributed by atoms with Crippen molar-refractivity contribution in [3.05, 3.63) is 57.8 Å². The first-order chi connectivity index (χ1) is 9.58. The lowest BCUT2D eigenvalue weighted by Gasteiger charge is -1.98. The van der Waals surface area contributed by atoms with E-state index in [1.807, 2.05) is 0 Å². The number of nitro groups is 1. The zero-order chi connectivity index (χ0) is 14.5. The fourth-order valence-corrected chi connectivity index (χ4v) is 1.31. The molecule has 0 radical (unpaired) electrons. The van der Waals surface area contributed by atoms with Gasteiger partial charge in [-0.15, -0.1) is 5.10 Å². The largest absolute Gasteiger partial charge is 0.388 e. The standard InChI is InChI=1S/C11H9N5O4/c12-10(7-4-2-1-3-5-7)15-20-11(17)8-6-9(14-13-8)16(18)19/h1-6H,(H2,12,15)(H,13,14). The molecule has 1 aromatic carbocycles. The van der Waals surface area contributed by atoms with Gasteiger partial charge in [-0.05, 0) is 4.92 Å². The molecule has 0 saturated heterocycles. The average Bonchev–Trinajstić information content (AvgIpc) is 2.95. The number of amidine groups is 1. The number of nitrogens with zero attached hydrogens (tertiary/aromatic N) is 3. The predicted octanol–water partition coefficient (Wildman–Crippen LogP) is 0.795. The number of hydrogen-bond acceptors (Lipinski definition) is 6. The van der Waals surface area contributed by atoms with Crippen molar-refractivity contribution in [3.8, 4) is 0 Å². The summed E-state index contributed by atoms with van der Waals surface area (Å²) in [6.07, 6.45) is 0. The van der Waals surface area contributed by atoms with Crippen molar-refractivity contribution in [2.24, 2.45) is 10.9 Å². The van der Waals surface area contributed by atoms with Crippen LogP contribution in [0.1, 0.15) is 16.1 Å². The van der Waals surface area contributed by atoms with Gasteiger partial charge in [0.15, 0.2) is 5.84 Å². The number of carbonyl (C=O) groups is 1. The summed E-state index contributed by atoms with van der Waals surface area (Å²) in [5.41, 5.74) is 5.93. The zero-order valence-electron chi connectivity index (χ0n) is 10.0. The number of nitrogens with two attached hydrogens (primary N) is 1. The van der Waals surface area contributed by atoms with Gasteiger partial charge in [0, 0.05) is 5.56 Å². The molecule has 0 spiro atoms. The summed E-state index contributed by atoms with van der Waals surface area (Å²) in [7, 11) is 0. The Bertz CT molecular complexity index is 664. The van der Waals surface area contributed by atoms with Gasteiger partial charge >= 0.3 is 11.8 Å². The van der Waals surface area contributed by atoms with Crippen LogP contribution in [0.4, 0.5) is 5.82 Å². The molecule has 20 heavy (non-hydrogen) atoms. The molecule has 0 bridgehead atoms. The van der Waals surface area contributed by atoms with E-state index >= 15 is 0 Å². The molecule has 0 fully saturated rings. The van der Waals surface area contributed by atoms with Gasteiger partial charge in [0.25, 0.3) is 0 Å². The second-order valence-electron chi connectivity index (χ2n) is 3.62. The Labute approximate surface area is 112 Å². The van der Waals surface area contributed by atoms with Crippen LogP contribution in [0, 0.1) is 10.1 Å². The smallest absolute Gasteiger partial charge is 0.380 e. The van der Waals surface area contributed by atoms with E-state index in [1.165, 1.54) is 0 Å². The van der Waals surface area contributed by atoms with Crippen molar-refractivity contribution in [2.75, 3.05) is 0 Å². The van der Waals surface area contributed by atoms with Crippen LogP contribution < -0.4 is 5.73 Å². The Morgan fingerprint density at radius 1 is 1.40 bits per heavy atom. The summed E-state index contributed by atoms with van der Waals surface area (Å²) in [5.74, 6) is -1.37. The molecule has 9 nitrogen and oxygen atoms in total. The topological polar surface area (TPSA) is 136 Å². The van der Waals surface area contributed by atoms with Crippen molar-refractivity contribution in [3.63, 3.8) is 0 Å². The highest BCUT2D eigenvalue weighted by Crippen LogP contribution is 2.09. The summed E-state index contributed by atoms with van der Waals surface area (Å²) in [6, 6.07) is 9.60. The van der Waals surface area contributed by atoms with E-state index < -0.39 is 16.7 Å². The number of oxime groups is 1. The van der Waals surface area contributed by atoms with E-state index in [0.717, 1.165) is 6.07 Å². The summed E-state index contributed by atoms with van der Waals surface area (Å²) in [5, 5.41) is 19.4. The molecular formula is C11H9N5O4. The molecule has 0 unspecified atom stereocenters. The maximum Gasteiger partial charge on any atom is 0.388 e. The molecule has 0 atom stereocenters. The summed E-state index contributed by atoms with van der Waals surface area (Å²) >= 11 is 0. The highest BCUT2D eigenvalue weighted by Gasteiger charge is 2.18. The first-order valence-corrected chi connectivity index (χ1v) is 5.38. The van der Waals surface area contributed by atoms with Crippen LogP contribution in [-0.2, 0) is 4.84 Å². The van der Waals surface area contributed by atoms with Gasteiger partial charge < -0.3 is 20.7 Å². The molecule has 1 aromatic heterocycles. The van der Waals surface area contributed by atoms with Crippen LogP contribution in [0.25, 0.3) is 0 Å². The van der Waals surface area contributed by atoms with Gasteiger partial charge in [-0.1, -0.05) is 40.6 Å². The lowest BCUT2D eigenvalue weighted by atomic mass is 10.2. The Morgan fingerprint density at radius 2 is 2.10 bits per heavy atom. The van der Waals surface area contributed by atoms with E-state index in [2.05, 4.69) is 20.2 Å². The Morgan fingerprint density at radius 3 is 2.70 bits per heavy atom. The van der Waals surface area contributed by atoms with Gasteiger partial charge in [-0.25, -0.2) is 4.79 Å². The van der Waals surface area contributed by atoms with Gasteiger partial charge in [-0.3, -0.25) is 0 Å². The lowest BCUT2D eigenvalue weighted by molar-refractivity contribution is -0.389. The summed E-state index contributed by atoms with van der Waals surface area (Å²) < 4.78 is 0. The molecule has 3 N–H and O–H groups in total. The number of nitrogens with one attached hydrogen (secondary N) is 1. The maximum atomic E-state index is 11.5. The molecular weight excluding hydrogens is 266 g/mol. The van der Waals surface area contributed by atoms with Crippen LogP contribution >= 0.6 is 0 Å². The van der Waals surface area contributed by atoms with Crippen molar-refractivity contribution in [1.82, 2.24) is 10.2 Å². The molecule has 0 amide bonds. The van der Waals surface area contributed by atoms with E-state index in [1.54, 1.807) is 30.3 Å². The van der Waals surface area contributed by atoms with Crippen molar-refractivity contribution in [1.29, 1.82) is 0 Å². The zero-order valence-corrected chi connectivity index (χ0v) is 10.0. The molecule has 102 valence electrons. The number of benzene rings is 1. The number of carbonyl (C=O) groups excluding carboxylic acids is 1. The Balaban J connectivity index is 2.06. The molecule has 0 aliphatic rings. The second-order valence-corrected chi connectivity index (χ2v) is 3.62. The molecule has 0 saturated carbocycles.